The van der Waals surface area contributed by atoms with Crippen LogP contribution >= 0.6 is 0 Å². The Bertz CT molecular complexity index is 1270. The number of pyridine rings is 1. The number of nitrogens with one attached hydrogen (secondary N) is 1. The van der Waals surface area contributed by atoms with Crippen molar-refractivity contribution < 1.29 is 8.42 Å². The molecule has 5 rings (SSSR count). The molecule has 4 aromatic rings. The van der Waals surface area contributed by atoms with E-state index in [0.717, 1.165) is 42.6 Å². The Morgan fingerprint density at radius 3 is 2.57 bits per heavy atom. The van der Waals surface area contributed by atoms with Crippen LogP contribution in [0.4, 0.5) is 5.69 Å². The first-order valence-electron chi connectivity index (χ1n) is 9.31. The van der Waals surface area contributed by atoms with Crippen LogP contribution in [0.3, 0.4) is 0 Å². The van der Waals surface area contributed by atoms with Crippen molar-refractivity contribution in [2.45, 2.75) is 4.90 Å². The van der Waals surface area contributed by atoms with Gasteiger partial charge in [0.15, 0.2) is 0 Å². The zero-order chi connectivity index (χ0) is 19.1. The lowest BCUT2D eigenvalue weighted by Crippen LogP contribution is -2.43. The average molecular weight is 392 g/mol. The molecule has 0 unspecified atom stereocenters. The number of hydrogen-bond acceptors (Lipinski definition) is 5. The predicted octanol–water partition coefficient (Wildman–Crippen LogP) is 2.84. The minimum atomic E-state index is -3.78. The molecule has 6 nitrogen and oxygen atoms in total. The van der Waals surface area contributed by atoms with E-state index >= 15 is 0 Å². The fourth-order valence-corrected chi connectivity index (χ4v) is 5.45. The lowest BCUT2D eigenvalue weighted by molar-refractivity contribution is 0.586. The molecular formula is C21H20N4O2S. The summed E-state index contributed by atoms with van der Waals surface area (Å²) in [6.45, 7) is 3.39. The van der Waals surface area contributed by atoms with Crippen molar-refractivity contribution in [1.29, 1.82) is 0 Å². The van der Waals surface area contributed by atoms with E-state index < -0.39 is 10.0 Å². The molecule has 142 valence electrons. The summed E-state index contributed by atoms with van der Waals surface area (Å²) in [6, 6.07) is 16.5. The highest BCUT2D eigenvalue weighted by atomic mass is 32.2. The van der Waals surface area contributed by atoms with Crippen LogP contribution < -0.4 is 10.2 Å². The number of hydrogen-bond donors (Lipinski definition) is 1. The summed E-state index contributed by atoms with van der Waals surface area (Å²) < 4.78 is 28.7. The van der Waals surface area contributed by atoms with Crippen molar-refractivity contribution in [3.05, 3.63) is 67.0 Å². The van der Waals surface area contributed by atoms with Crippen LogP contribution in [-0.2, 0) is 10.0 Å². The van der Waals surface area contributed by atoms with Gasteiger partial charge in [-0.3, -0.25) is 4.98 Å². The summed E-state index contributed by atoms with van der Waals surface area (Å²) in [5.41, 5.74) is 2.18. The molecule has 7 heteroatoms. The first-order valence-corrected chi connectivity index (χ1v) is 10.8. The smallest absolute Gasteiger partial charge is 0.268 e. The second-order valence-corrected chi connectivity index (χ2v) is 8.68. The number of nitrogens with zero attached hydrogens (tertiary/aromatic N) is 3. The number of fused-ring (bicyclic) bond motifs is 2. The zero-order valence-electron chi connectivity index (χ0n) is 15.2. The number of aromatic nitrogens is 2. The standard InChI is InChI=1S/C21H20N4O2S/c26-28(27,20-9-3-6-16-5-1-2-7-17(16)20)25-15-19(24-13-11-22-12-14-24)21-18(25)8-4-10-23-21/h1-10,15,22H,11-14H2. The van der Waals surface area contributed by atoms with Gasteiger partial charge in [0, 0.05) is 44.0 Å². The predicted molar refractivity (Wildman–Crippen MR) is 111 cm³/mol. The van der Waals surface area contributed by atoms with E-state index in [2.05, 4.69) is 15.2 Å². The fraction of sp³-hybridized carbons (Fsp3) is 0.190. The van der Waals surface area contributed by atoms with Gasteiger partial charge in [-0.2, -0.15) is 0 Å². The third-order valence-electron chi connectivity index (χ3n) is 5.25. The van der Waals surface area contributed by atoms with E-state index in [-0.39, 0.29) is 0 Å². The quantitative estimate of drug-likeness (QED) is 0.581. The maximum absolute atomic E-state index is 13.7. The number of benzene rings is 2. The number of anilines is 1. The number of piperazine rings is 1. The summed E-state index contributed by atoms with van der Waals surface area (Å²) in [7, 11) is -3.78. The summed E-state index contributed by atoms with van der Waals surface area (Å²) in [5.74, 6) is 0. The molecule has 2 aromatic carbocycles. The highest BCUT2D eigenvalue weighted by molar-refractivity contribution is 7.90. The molecule has 1 N–H and O–H groups in total. The first kappa shape index (κ1) is 17.2. The van der Waals surface area contributed by atoms with Gasteiger partial charge in [0.2, 0.25) is 0 Å². The molecule has 1 saturated heterocycles. The van der Waals surface area contributed by atoms with E-state index in [4.69, 9.17) is 0 Å². The van der Waals surface area contributed by atoms with E-state index in [0.29, 0.717) is 15.9 Å². The van der Waals surface area contributed by atoms with Crippen molar-refractivity contribution in [3.8, 4) is 0 Å². The second-order valence-electron chi connectivity index (χ2n) is 6.90. The van der Waals surface area contributed by atoms with Crippen molar-refractivity contribution in [2.24, 2.45) is 0 Å². The van der Waals surface area contributed by atoms with Gasteiger partial charge in [0.05, 0.1) is 16.1 Å². The van der Waals surface area contributed by atoms with Gasteiger partial charge in [0.1, 0.15) is 5.52 Å². The van der Waals surface area contributed by atoms with Gasteiger partial charge in [-0.25, -0.2) is 12.4 Å². The molecule has 2 aromatic heterocycles. The van der Waals surface area contributed by atoms with Gasteiger partial charge in [-0.1, -0.05) is 36.4 Å². The third kappa shape index (κ3) is 2.66. The lowest BCUT2D eigenvalue weighted by Gasteiger charge is -2.28. The number of rotatable bonds is 3. The normalized spacial score (nSPS) is 15.4. The topological polar surface area (TPSA) is 67.2 Å². The molecule has 1 aliphatic rings. The molecule has 0 bridgehead atoms. The summed E-state index contributed by atoms with van der Waals surface area (Å²) in [6.07, 6.45) is 3.43. The molecular weight excluding hydrogens is 372 g/mol. The van der Waals surface area contributed by atoms with Gasteiger partial charge in [0.25, 0.3) is 10.0 Å². The minimum absolute atomic E-state index is 0.304. The molecule has 0 spiro atoms. The summed E-state index contributed by atoms with van der Waals surface area (Å²) in [4.78, 5) is 7.00. The molecule has 28 heavy (non-hydrogen) atoms. The van der Waals surface area contributed by atoms with Crippen molar-refractivity contribution in [2.75, 3.05) is 31.1 Å². The fourth-order valence-electron chi connectivity index (χ4n) is 3.88. The average Bonchev–Trinajstić information content (AvgIpc) is 3.14. The highest BCUT2D eigenvalue weighted by Gasteiger charge is 2.25. The minimum Gasteiger partial charge on any atom is -0.366 e. The van der Waals surface area contributed by atoms with Gasteiger partial charge >= 0.3 is 0 Å². The van der Waals surface area contributed by atoms with E-state index in [9.17, 15) is 8.42 Å². The molecule has 0 radical (unpaired) electrons. The Balaban J connectivity index is 1.74. The molecule has 0 saturated carbocycles. The van der Waals surface area contributed by atoms with Crippen molar-refractivity contribution in [1.82, 2.24) is 14.3 Å². The Hall–Kier alpha value is -2.90. The van der Waals surface area contributed by atoms with Crippen LogP contribution in [0.15, 0.2) is 71.9 Å². The second kappa shape index (κ2) is 6.61. The molecule has 1 aliphatic heterocycles. The molecule has 0 amide bonds. The van der Waals surface area contributed by atoms with Gasteiger partial charge in [-0.05, 0) is 23.6 Å². The SMILES string of the molecule is O=S(=O)(c1cccc2ccccc12)n1cc(N2CCNCC2)c2ncccc21. The first-order chi connectivity index (χ1) is 13.7. The van der Waals surface area contributed by atoms with Crippen LogP contribution in [0, 0.1) is 0 Å². The third-order valence-corrected chi connectivity index (χ3v) is 6.98. The Morgan fingerprint density at radius 2 is 1.71 bits per heavy atom. The highest BCUT2D eigenvalue weighted by Crippen LogP contribution is 2.32. The maximum Gasteiger partial charge on any atom is 0.268 e. The van der Waals surface area contributed by atoms with E-state index in [1.165, 1.54) is 3.97 Å². The van der Waals surface area contributed by atoms with Crippen LogP contribution in [0.25, 0.3) is 21.8 Å². The van der Waals surface area contributed by atoms with E-state index in [1.807, 2.05) is 36.4 Å². The monoisotopic (exact) mass is 392 g/mol. The van der Waals surface area contributed by atoms with Gasteiger partial charge in [-0.15, -0.1) is 0 Å². The van der Waals surface area contributed by atoms with E-state index in [1.54, 1.807) is 30.6 Å². The van der Waals surface area contributed by atoms with Crippen molar-refractivity contribution >= 4 is 37.5 Å². The maximum atomic E-state index is 13.7. The van der Waals surface area contributed by atoms with Crippen LogP contribution in [-0.4, -0.2) is 43.6 Å². The zero-order valence-corrected chi connectivity index (χ0v) is 16.1. The Morgan fingerprint density at radius 1 is 0.929 bits per heavy atom. The van der Waals surface area contributed by atoms with Crippen LogP contribution in [0.1, 0.15) is 0 Å². The molecule has 3 heterocycles. The molecule has 0 aliphatic carbocycles. The Labute approximate surface area is 163 Å². The largest absolute Gasteiger partial charge is 0.366 e. The lowest BCUT2D eigenvalue weighted by atomic mass is 10.1. The molecule has 1 fully saturated rings. The van der Waals surface area contributed by atoms with Crippen molar-refractivity contribution in [3.63, 3.8) is 0 Å². The summed E-state index contributed by atoms with van der Waals surface area (Å²) >= 11 is 0. The van der Waals surface area contributed by atoms with Gasteiger partial charge < -0.3 is 10.2 Å². The Kier molecular flexibility index (Phi) is 4.07. The molecule has 0 atom stereocenters. The van der Waals surface area contributed by atoms with Crippen LogP contribution in [0.2, 0.25) is 0 Å². The summed E-state index contributed by atoms with van der Waals surface area (Å²) in [5, 5.41) is 4.95. The van der Waals surface area contributed by atoms with Crippen LogP contribution in [0.5, 0.6) is 0 Å².